The average molecular weight is 314 g/mol. The molecule has 1 aromatic heterocycles. The molecule has 2 fully saturated rings. The molecule has 1 saturated carbocycles. The molecule has 2 bridgehead atoms. The summed E-state index contributed by atoms with van der Waals surface area (Å²) < 4.78 is 5.04. The van der Waals surface area contributed by atoms with Gasteiger partial charge in [0.15, 0.2) is 0 Å². The fraction of sp³-hybridized carbons (Fsp3) is 0.556. The van der Waals surface area contributed by atoms with Crippen LogP contribution in [0.3, 0.4) is 0 Å². The summed E-state index contributed by atoms with van der Waals surface area (Å²) in [7, 11) is 0. The monoisotopic (exact) mass is 314 g/mol. The second kappa shape index (κ2) is 5.25. The summed E-state index contributed by atoms with van der Waals surface area (Å²) in [5.41, 5.74) is 0.521. The van der Waals surface area contributed by atoms with Gasteiger partial charge in [0.25, 0.3) is 5.91 Å². The minimum atomic E-state index is -0.371. The first-order valence-electron chi connectivity index (χ1n) is 8.38. The molecule has 1 aromatic rings. The first-order chi connectivity index (χ1) is 11.1. The third kappa shape index (κ3) is 2.21. The van der Waals surface area contributed by atoms with Crippen molar-refractivity contribution in [3.8, 4) is 0 Å². The highest BCUT2D eigenvalue weighted by Gasteiger charge is 2.57. The highest BCUT2D eigenvalue weighted by atomic mass is 16.3. The number of allylic oxidation sites excluding steroid dienone is 2. The summed E-state index contributed by atoms with van der Waals surface area (Å²) >= 11 is 0. The highest BCUT2D eigenvalue weighted by Crippen LogP contribution is 2.54. The Morgan fingerprint density at radius 2 is 2.09 bits per heavy atom. The molecule has 5 nitrogen and oxygen atoms in total. The van der Waals surface area contributed by atoms with E-state index in [0.29, 0.717) is 29.9 Å². The summed E-state index contributed by atoms with van der Waals surface area (Å²) in [6.45, 7) is 4.57. The van der Waals surface area contributed by atoms with Crippen LogP contribution in [0.15, 0.2) is 35.2 Å². The topological polar surface area (TPSA) is 62.6 Å². The van der Waals surface area contributed by atoms with Gasteiger partial charge in [-0.25, -0.2) is 0 Å². The molecule has 0 radical (unpaired) electrons. The van der Waals surface area contributed by atoms with E-state index in [-0.39, 0.29) is 29.8 Å². The lowest BCUT2D eigenvalue weighted by Gasteiger charge is -2.29. The zero-order chi connectivity index (χ0) is 16.1. The van der Waals surface area contributed by atoms with Crippen LogP contribution in [-0.2, 0) is 4.79 Å². The van der Waals surface area contributed by atoms with Gasteiger partial charge in [-0.1, -0.05) is 12.2 Å². The van der Waals surface area contributed by atoms with E-state index in [9.17, 15) is 9.59 Å². The molecular formula is C18H22N2O3. The molecule has 2 amide bonds. The third-order valence-electron chi connectivity index (χ3n) is 5.52. The molecule has 2 heterocycles. The fourth-order valence-electron chi connectivity index (χ4n) is 4.68. The Labute approximate surface area is 135 Å². The molecule has 2 aliphatic carbocycles. The van der Waals surface area contributed by atoms with E-state index in [1.165, 1.54) is 12.5 Å². The molecule has 1 saturated heterocycles. The van der Waals surface area contributed by atoms with E-state index < -0.39 is 0 Å². The first-order valence-corrected chi connectivity index (χ1v) is 8.38. The van der Waals surface area contributed by atoms with Crippen molar-refractivity contribution in [2.24, 2.45) is 23.7 Å². The molecule has 122 valence electrons. The summed E-state index contributed by atoms with van der Waals surface area (Å²) in [6, 6.07) is 1.37. The van der Waals surface area contributed by atoms with Crippen molar-refractivity contribution >= 4 is 11.8 Å². The van der Waals surface area contributed by atoms with E-state index in [1.807, 2.05) is 13.8 Å². The van der Waals surface area contributed by atoms with Crippen LogP contribution in [0.4, 0.5) is 0 Å². The van der Waals surface area contributed by atoms with Crippen molar-refractivity contribution in [3.05, 3.63) is 36.3 Å². The standard InChI is InChI=1S/C18H22N2O3/c1-10(2)19-17(21)16-15-12-4-3-11(7-12)14(15)8-20(16)18(22)13-5-6-23-9-13/h3-6,9-12,14-16H,7-8H2,1-2H3,(H,19,21)/t11-,12+,14-,15+,16+/m1/s1. The van der Waals surface area contributed by atoms with Crippen molar-refractivity contribution in [1.82, 2.24) is 10.2 Å². The Hall–Kier alpha value is -2.04. The average Bonchev–Trinajstić information content (AvgIpc) is 3.25. The van der Waals surface area contributed by atoms with Gasteiger partial charge in [-0.05, 0) is 50.0 Å². The quantitative estimate of drug-likeness (QED) is 0.869. The number of nitrogens with zero attached hydrogens (tertiary/aromatic N) is 1. The lowest BCUT2D eigenvalue weighted by atomic mass is 9.81. The number of hydrogen-bond donors (Lipinski definition) is 1. The normalized spacial score (nSPS) is 34.2. The van der Waals surface area contributed by atoms with Gasteiger partial charge in [-0.2, -0.15) is 0 Å². The maximum Gasteiger partial charge on any atom is 0.257 e. The number of nitrogens with one attached hydrogen (secondary N) is 1. The number of hydrogen-bond acceptors (Lipinski definition) is 3. The highest BCUT2D eigenvalue weighted by molar-refractivity contribution is 5.98. The van der Waals surface area contributed by atoms with Crippen molar-refractivity contribution in [2.45, 2.75) is 32.4 Å². The Balaban J connectivity index is 1.65. The largest absolute Gasteiger partial charge is 0.472 e. The minimum Gasteiger partial charge on any atom is -0.472 e. The maximum atomic E-state index is 12.8. The lowest BCUT2D eigenvalue weighted by molar-refractivity contribution is -0.126. The van der Waals surface area contributed by atoms with E-state index in [2.05, 4.69) is 17.5 Å². The molecule has 1 aliphatic heterocycles. The molecule has 4 rings (SSSR count). The van der Waals surface area contributed by atoms with E-state index >= 15 is 0 Å². The van der Waals surface area contributed by atoms with Crippen molar-refractivity contribution in [3.63, 3.8) is 0 Å². The molecular weight excluding hydrogens is 292 g/mol. The van der Waals surface area contributed by atoms with E-state index in [4.69, 9.17) is 4.42 Å². The second-order valence-corrected chi connectivity index (χ2v) is 7.27. The summed E-state index contributed by atoms with van der Waals surface area (Å²) in [5.74, 6) is 1.47. The Kier molecular flexibility index (Phi) is 3.32. The number of amides is 2. The predicted molar refractivity (Wildman–Crippen MR) is 84.5 cm³/mol. The van der Waals surface area contributed by atoms with Gasteiger partial charge in [0.2, 0.25) is 5.91 Å². The van der Waals surface area contributed by atoms with Crippen LogP contribution >= 0.6 is 0 Å². The van der Waals surface area contributed by atoms with E-state index in [1.54, 1.807) is 11.0 Å². The van der Waals surface area contributed by atoms with Crippen LogP contribution in [-0.4, -0.2) is 35.3 Å². The van der Waals surface area contributed by atoms with Gasteiger partial charge in [-0.3, -0.25) is 9.59 Å². The predicted octanol–water partition coefficient (Wildman–Crippen LogP) is 2.07. The van der Waals surface area contributed by atoms with Crippen LogP contribution < -0.4 is 5.32 Å². The molecule has 3 aliphatic rings. The molecule has 5 heteroatoms. The molecule has 0 unspecified atom stereocenters. The van der Waals surface area contributed by atoms with Gasteiger partial charge in [0.1, 0.15) is 12.3 Å². The van der Waals surface area contributed by atoms with E-state index in [0.717, 1.165) is 6.42 Å². The first kappa shape index (κ1) is 14.5. The van der Waals surface area contributed by atoms with Crippen LogP contribution in [0.5, 0.6) is 0 Å². The van der Waals surface area contributed by atoms with Crippen molar-refractivity contribution < 1.29 is 14.0 Å². The maximum absolute atomic E-state index is 12.8. The Bertz CT molecular complexity index is 649. The van der Waals surface area contributed by atoms with Crippen LogP contribution in [0, 0.1) is 23.7 Å². The summed E-state index contributed by atoms with van der Waals surface area (Å²) in [5, 5.41) is 3.01. The van der Waals surface area contributed by atoms with Crippen LogP contribution in [0.2, 0.25) is 0 Å². The van der Waals surface area contributed by atoms with Gasteiger partial charge < -0.3 is 14.6 Å². The van der Waals surface area contributed by atoms with Gasteiger partial charge in [0.05, 0.1) is 11.8 Å². The van der Waals surface area contributed by atoms with Crippen LogP contribution in [0.25, 0.3) is 0 Å². The molecule has 0 spiro atoms. The number of likely N-dealkylation sites (tertiary alicyclic amines) is 1. The second-order valence-electron chi connectivity index (χ2n) is 7.27. The number of fused-ring (bicyclic) bond motifs is 5. The zero-order valence-corrected chi connectivity index (χ0v) is 13.4. The minimum absolute atomic E-state index is 0.0229. The third-order valence-corrected chi connectivity index (χ3v) is 5.52. The molecule has 0 aromatic carbocycles. The molecule has 1 N–H and O–H groups in total. The van der Waals surface area contributed by atoms with Crippen molar-refractivity contribution in [2.75, 3.05) is 6.54 Å². The number of carbonyl (C=O) groups is 2. The summed E-state index contributed by atoms with van der Waals surface area (Å²) in [4.78, 5) is 27.4. The number of rotatable bonds is 3. The lowest BCUT2D eigenvalue weighted by Crippen LogP contribution is -2.51. The molecule has 23 heavy (non-hydrogen) atoms. The number of furan rings is 1. The fourth-order valence-corrected chi connectivity index (χ4v) is 4.68. The Morgan fingerprint density at radius 3 is 2.78 bits per heavy atom. The van der Waals surface area contributed by atoms with Gasteiger partial charge >= 0.3 is 0 Å². The summed E-state index contributed by atoms with van der Waals surface area (Å²) in [6.07, 6.45) is 8.61. The number of carbonyl (C=O) groups excluding carboxylic acids is 2. The van der Waals surface area contributed by atoms with Crippen molar-refractivity contribution in [1.29, 1.82) is 0 Å². The van der Waals surface area contributed by atoms with Gasteiger partial charge in [-0.15, -0.1) is 0 Å². The zero-order valence-electron chi connectivity index (χ0n) is 13.4. The smallest absolute Gasteiger partial charge is 0.257 e. The SMILES string of the molecule is CC(C)NC(=O)[C@@H]1[C@@H]2[C@H](CN1C(=O)c1ccoc1)[C@@H]1C=C[C@H]2C1. The van der Waals surface area contributed by atoms with Crippen LogP contribution in [0.1, 0.15) is 30.6 Å². The Morgan fingerprint density at radius 1 is 1.30 bits per heavy atom. The van der Waals surface area contributed by atoms with Gasteiger partial charge in [0, 0.05) is 12.6 Å². The molecule has 5 atom stereocenters.